The van der Waals surface area contributed by atoms with Gasteiger partial charge in [0.1, 0.15) is 12.4 Å². The van der Waals surface area contributed by atoms with Crippen molar-refractivity contribution >= 4 is 12.0 Å². The molecule has 0 radical (unpaired) electrons. The van der Waals surface area contributed by atoms with Crippen molar-refractivity contribution in [3.8, 4) is 5.75 Å². The highest BCUT2D eigenvalue weighted by molar-refractivity contribution is 5.74. The maximum Gasteiger partial charge on any atom is 0.333 e. The summed E-state index contributed by atoms with van der Waals surface area (Å²) in [5, 5.41) is 12.0. The van der Waals surface area contributed by atoms with Crippen molar-refractivity contribution in [2.75, 3.05) is 46.6 Å². The molecule has 8 heteroatoms. The monoisotopic (exact) mass is 424 g/mol. The summed E-state index contributed by atoms with van der Waals surface area (Å²) in [5.74, 6) is -0.292. The average molecular weight is 425 g/mol. The SMILES string of the molecule is CCCCCN(CCOc1ccc(CC(OCC)C(=O)O)cc1)C(=O)NCCOC. The summed E-state index contributed by atoms with van der Waals surface area (Å²) in [6.45, 7) is 6.74. The van der Waals surface area contributed by atoms with E-state index in [0.717, 1.165) is 24.8 Å². The second-order valence-electron chi connectivity index (χ2n) is 6.90. The Morgan fingerprint density at radius 3 is 2.43 bits per heavy atom. The van der Waals surface area contributed by atoms with Gasteiger partial charge in [0.05, 0.1) is 13.2 Å². The van der Waals surface area contributed by atoms with Crippen LogP contribution in [0.15, 0.2) is 24.3 Å². The third-order valence-electron chi connectivity index (χ3n) is 4.52. The molecule has 0 saturated heterocycles. The molecule has 1 unspecified atom stereocenters. The van der Waals surface area contributed by atoms with Crippen LogP contribution >= 0.6 is 0 Å². The number of amides is 2. The summed E-state index contributed by atoms with van der Waals surface area (Å²) in [4.78, 5) is 25.3. The van der Waals surface area contributed by atoms with Crippen LogP contribution in [-0.2, 0) is 20.7 Å². The highest BCUT2D eigenvalue weighted by atomic mass is 16.5. The van der Waals surface area contributed by atoms with Crippen LogP contribution < -0.4 is 10.1 Å². The van der Waals surface area contributed by atoms with Crippen molar-refractivity contribution in [2.45, 2.75) is 45.6 Å². The molecule has 1 aromatic carbocycles. The quantitative estimate of drug-likeness (QED) is 0.396. The molecule has 0 heterocycles. The number of methoxy groups -OCH3 is 1. The molecule has 170 valence electrons. The third kappa shape index (κ3) is 10.5. The number of nitrogens with zero attached hydrogens (tertiary/aromatic N) is 1. The number of hydrogen-bond acceptors (Lipinski definition) is 5. The zero-order valence-corrected chi connectivity index (χ0v) is 18.4. The number of carbonyl (C=O) groups is 2. The highest BCUT2D eigenvalue weighted by Gasteiger charge is 2.18. The van der Waals surface area contributed by atoms with Gasteiger partial charge in [0.2, 0.25) is 0 Å². The van der Waals surface area contributed by atoms with Gasteiger partial charge in [-0.25, -0.2) is 9.59 Å². The molecule has 1 rings (SSSR count). The van der Waals surface area contributed by atoms with Gasteiger partial charge in [-0.1, -0.05) is 31.9 Å². The fraction of sp³-hybridized carbons (Fsp3) is 0.636. The molecule has 1 atom stereocenters. The summed E-state index contributed by atoms with van der Waals surface area (Å²) in [5.41, 5.74) is 0.863. The summed E-state index contributed by atoms with van der Waals surface area (Å²) < 4.78 is 16.0. The van der Waals surface area contributed by atoms with Gasteiger partial charge in [-0.3, -0.25) is 0 Å². The van der Waals surface area contributed by atoms with E-state index in [1.807, 2.05) is 12.1 Å². The normalized spacial score (nSPS) is 11.7. The summed E-state index contributed by atoms with van der Waals surface area (Å²) in [7, 11) is 1.60. The van der Waals surface area contributed by atoms with Crippen molar-refractivity contribution in [2.24, 2.45) is 0 Å². The van der Waals surface area contributed by atoms with E-state index in [-0.39, 0.29) is 6.03 Å². The van der Waals surface area contributed by atoms with Gasteiger partial charge in [-0.05, 0) is 31.0 Å². The van der Waals surface area contributed by atoms with Crippen molar-refractivity contribution < 1.29 is 28.9 Å². The number of ether oxygens (including phenoxy) is 3. The van der Waals surface area contributed by atoms with Crippen LogP contribution in [0.3, 0.4) is 0 Å². The molecule has 0 spiro atoms. The molecule has 0 saturated carbocycles. The molecule has 8 nitrogen and oxygen atoms in total. The predicted molar refractivity (Wildman–Crippen MR) is 115 cm³/mol. The largest absolute Gasteiger partial charge is 0.492 e. The zero-order chi connectivity index (χ0) is 22.2. The standard InChI is InChI=1S/C22H36N2O6/c1-4-6-7-13-24(22(27)23-12-15-28-3)14-16-30-19-10-8-18(9-11-19)17-20(21(25)26)29-5-2/h8-11,20H,4-7,12-17H2,1-3H3,(H,23,27)(H,25,26). The summed E-state index contributed by atoms with van der Waals surface area (Å²) >= 11 is 0. The third-order valence-corrected chi connectivity index (χ3v) is 4.52. The first-order valence-corrected chi connectivity index (χ1v) is 10.6. The first kappa shape index (κ1) is 25.7. The van der Waals surface area contributed by atoms with Crippen molar-refractivity contribution in [1.82, 2.24) is 10.2 Å². The zero-order valence-electron chi connectivity index (χ0n) is 18.4. The number of urea groups is 1. The summed E-state index contributed by atoms with van der Waals surface area (Å²) in [6, 6.07) is 7.17. The number of aliphatic carboxylic acids is 1. The van der Waals surface area contributed by atoms with E-state index >= 15 is 0 Å². The minimum absolute atomic E-state index is 0.113. The molecule has 2 N–H and O–H groups in total. The number of benzene rings is 1. The Balaban J connectivity index is 2.52. The molecule has 0 aliphatic heterocycles. The maximum absolute atomic E-state index is 12.4. The van der Waals surface area contributed by atoms with Crippen molar-refractivity contribution in [3.05, 3.63) is 29.8 Å². The fourth-order valence-corrected chi connectivity index (χ4v) is 2.87. The van der Waals surface area contributed by atoms with Gasteiger partial charge in [-0.15, -0.1) is 0 Å². The van der Waals surface area contributed by atoms with E-state index in [0.29, 0.717) is 51.6 Å². The van der Waals surface area contributed by atoms with Gasteiger partial charge in [-0.2, -0.15) is 0 Å². The number of carboxylic acids is 1. The second-order valence-corrected chi connectivity index (χ2v) is 6.90. The number of carboxylic acid groups (broad SMARTS) is 1. The molecule has 0 aliphatic rings. The number of hydrogen-bond donors (Lipinski definition) is 2. The van der Waals surface area contributed by atoms with Gasteiger partial charge in [0.15, 0.2) is 6.10 Å². The smallest absolute Gasteiger partial charge is 0.333 e. The van der Waals surface area contributed by atoms with E-state index < -0.39 is 12.1 Å². The number of nitrogens with one attached hydrogen (secondary N) is 1. The minimum atomic E-state index is -0.968. The van der Waals surface area contributed by atoms with E-state index in [1.165, 1.54) is 0 Å². The highest BCUT2D eigenvalue weighted by Crippen LogP contribution is 2.15. The van der Waals surface area contributed by atoms with Crippen molar-refractivity contribution in [1.29, 1.82) is 0 Å². The number of carbonyl (C=O) groups excluding carboxylic acids is 1. The van der Waals surface area contributed by atoms with E-state index in [2.05, 4.69) is 12.2 Å². The van der Waals surface area contributed by atoms with Gasteiger partial charge < -0.3 is 29.5 Å². The number of rotatable bonds is 16. The van der Waals surface area contributed by atoms with Crippen LogP contribution in [0.2, 0.25) is 0 Å². The Morgan fingerprint density at radius 1 is 1.10 bits per heavy atom. The fourth-order valence-electron chi connectivity index (χ4n) is 2.87. The van der Waals surface area contributed by atoms with Crippen LogP contribution in [0.5, 0.6) is 5.75 Å². The molecule has 0 fully saturated rings. The molecule has 0 aliphatic carbocycles. The Morgan fingerprint density at radius 2 is 1.83 bits per heavy atom. The predicted octanol–water partition coefficient (Wildman–Crippen LogP) is 2.95. The van der Waals surface area contributed by atoms with Gasteiger partial charge in [0.25, 0.3) is 0 Å². The Bertz CT molecular complexity index is 608. The lowest BCUT2D eigenvalue weighted by Crippen LogP contribution is -2.43. The van der Waals surface area contributed by atoms with Crippen LogP contribution in [-0.4, -0.2) is 74.7 Å². The molecular weight excluding hydrogens is 388 g/mol. The van der Waals surface area contributed by atoms with Crippen LogP contribution in [0.1, 0.15) is 38.7 Å². The van der Waals surface area contributed by atoms with Crippen LogP contribution in [0, 0.1) is 0 Å². The average Bonchev–Trinajstić information content (AvgIpc) is 2.73. The Labute approximate surface area is 179 Å². The lowest BCUT2D eigenvalue weighted by atomic mass is 10.1. The molecular formula is C22H36N2O6. The molecule has 30 heavy (non-hydrogen) atoms. The van der Waals surface area contributed by atoms with Crippen LogP contribution in [0.25, 0.3) is 0 Å². The lowest BCUT2D eigenvalue weighted by Gasteiger charge is -2.23. The van der Waals surface area contributed by atoms with E-state index in [9.17, 15) is 14.7 Å². The molecule has 2 amide bonds. The number of unbranched alkanes of at least 4 members (excludes halogenated alkanes) is 2. The van der Waals surface area contributed by atoms with Crippen LogP contribution in [0.4, 0.5) is 4.79 Å². The first-order valence-electron chi connectivity index (χ1n) is 10.6. The van der Waals surface area contributed by atoms with Crippen molar-refractivity contribution in [3.63, 3.8) is 0 Å². The Hall–Kier alpha value is -2.32. The maximum atomic E-state index is 12.4. The minimum Gasteiger partial charge on any atom is -0.492 e. The van der Waals surface area contributed by atoms with Gasteiger partial charge in [0, 0.05) is 33.2 Å². The summed E-state index contributed by atoms with van der Waals surface area (Å²) in [6.07, 6.45) is 2.57. The molecule has 0 bridgehead atoms. The second kappa shape index (κ2) is 15.5. The van der Waals surface area contributed by atoms with E-state index in [1.54, 1.807) is 31.1 Å². The molecule has 1 aromatic rings. The van der Waals surface area contributed by atoms with E-state index in [4.69, 9.17) is 14.2 Å². The Kier molecular flexibility index (Phi) is 13.3. The first-order chi connectivity index (χ1) is 14.5. The topological polar surface area (TPSA) is 97.3 Å². The lowest BCUT2D eigenvalue weighted by molar-refractivity contribution is -0.149. The molecule has 0 aromatic heterocycles. The van der Waals surface area contributed by atoms with Gasteiger partial charge >= 0.3 is 12.0 Å².